The molecule has 0 fully saturated rings. The number of nitrogen functional groups attached to an aromatic ring is 1. The van der Waals surface area contributed by atoms with Crippen LogP contribution in [0.5, 0.6) is 0 Å². The molecule has 2 nitrogen and oxygen atoms in total. The molecule has 3 heteroatoms. The van der Waals surface area contributed by atoms with Gasteiger partial charge in [-0.1, -0.05) is 17.7 Å². The number of rotatable bonds is 2. The summed E-state index contributed by atoms with van der Waals surface area (Å²) in [6.07, 6.45) is 0. The van der Waals surface area contributed by atoms with E-state index in [4.69, 9.17) is 5.73 Å². The molecule has 0 radical (unpaired) electrons. The van der Waals surface area contributed by atoms with Gasteiger partial charge in [0.2, 0.25) is 0 Å². The molecule has 0 atom stereocenters. The maximum absolute atomic E-state index is 5.74. The van der Waals surface area contributed by atoms with E-state index in [1.807, 2.05) is 18.2 Å². The zero-order chi connectivity index (χ0) is 12.4. The van der Waals surface area contributed by atoms with E-state index in [9.17, 15) is 0 Å². The van der Waals surface area contributed by atoms with Gasteiger partial charge in [0.05, 0.1) is 5.69 Å². The third kappa shape index (κ3) is 2.91. The first-order valence-electron chi connectivity index (χ1n) is 5.45. The van der Waals surface area contributed by atoms with E-state index >= 15 is 0 Å². The highest BCUT2D eigenvalue weighted by atomic mass is 127. The number of nitrogens with two attached hydrogens (primary N) is 1. The van der Waals surface area contributed by atoms with E-state index in [-0.39, 0.29) is 0 Å². The summed E-state index contributed by atoms with van der Waals surface area (Å²) < 4.78 is 1.13. The summed E-state index contributed by atoms with van der Waals surface area (Å²) in [6.45, 7) is 4.21. The van der Waals surface area contributed by atoms with Crippen LogP contribution < -0.4 is 11.1 Å². The zero-order valence-electron chi connectivity index (χ0n) is 9.92. The summed E-state index contributed by atoms with van der Waals surface area (Å²) in [6, 6.07) is 12.3. The molecule has 0 amide bonds. The monoisotopic (exact) mass is 338 g/mol. The Morgan fingerprint density at radius 3 is 2.35 bits per heavy atom. The van der Waals surface area contributed by atoms with Crippen molar-refractivity contribution in [2.24, 2.45) is 0 Å². The maximum Gasteiger partial charge on any atom is 0.0521 e. The molecule has 0 bridgehead atoms. The fourth-order valence-electron chi connectivity index (χ4n) is 1.73. The maximum atomic E-state index is 5.74. The Balaban J connectivity index is 2.31. The molecular weight excluding hydrogens is 323 g/mol. The number of halogens is 1. The van der Waals surface area contributed by atoms with Gasteiger partial charge in [0.1, 0.15) is 0 Å². The van der Waals surface area contributed by atoms with Crippen LogP contribution in [0.15, 0.2) is 36.4 Å². The molecule has 2 rings (SSSR count). The first-order valence-corrected chi connectivity index (χ1v) is 6.53. The van der Waals surface area contributed by atoms with Gasteiger partial charge in [0.15, 0.2) is 0 Å². The van der Waals surface area contributed by atoms with Crippen LogP contribution in [0.2, 0.25) is 0 Å². The lowest BCUT2D eigenvalue weighted by Crippen LogP contribution is -1.96. The summed E-state index contributed by atoms with van der Waals surface area (Å²) in [5.41, 5.74) is 11.3. The quantitative estimate of drug-likeness (QED) is 0.635. The fraction of sp³-hybridized carbons (Fsp3) is 0.143. The van der Waals surface area contributed by atoms with Crippen molar-refractivity contribution in [2.75, 3.05) is 11.1 Å². The van der Waals surface area contributed by atoms with Crippen molar-refractivity contribution in [2.45, 2.75) is 13.8 Å². The molecule has 2 aromatic carbocycles. The number of benzene rings is 2. The molecule has 0 aromatic heterocycles. The second-order valence-corrected chi connectivity index (χ2v) is 5.34. The molecule has 3 N–H and O–H groups in total. The minimum absolute atomic E-state index is 0.792. The number of anilines is 3. The third-order valence-corrected chi connectivity index (χ3v) is 3.54. The van der Waals surface area contributed by atoms with E-state index < -0.39 is 0 Å². The van der Waals surface area contributed by atoms with Crippen molar-refractivity contribution in [1.29, 1.82) is 0 Å². The van der Waals surface area contributed by atoms with Gasteiger partial charge in [0.25, 0.3) is 0 Å². The molecule has 0 heterocycles. The molecule has 0 unspecified atom stereocenters. The van der Waals surface area contributed by atoms with Crippen LogP contribution in [0.3, 0.4) is 0 Å². The number of aryl methyl sites for hydroxylation is 2. The molecule has 0 aliphatic rings. The average Bonchev–Trinajstić information content (AvgIpc) is 2.25. The first kappa shape index (κ1) is 12.2. The number of hydrogen-bond donors (Lipinski definition) is 2. The van der Waals surface area contributed by atoms with Crippen molar-refractivity contribution in [3.63, 3.8) is 0 Å². The molecule has 17 heavy (non-hydrogen) atoms. The Kier molecular flexibility index (Phi) is 3.57. The van der Waals surface area contributed by atoms with Crippen molar-refractivity contribution < 1.29 is 0 Å². The number of hydrogen-bond acceptors (Lipinski definition) is 2. The summed E-state index contributed by atoms with van der Waals surface area (Å²) in [7, 11) is 0. The summed E-state index contributed by atoms with van der Waals surface area (Å²) in [4.78, 5) is 0. The zero-order valence-corrected chi connectivity index (χ0v) is 12.1. The Morgan fingerprint density at radius 2 is 1.71 bits per heavy atom. The Hall–Kier alpha value is -1.23. The van der Waals surface area contributed by atoms with Gasteiger partial charge in [-0.2, -0.15) is 0 Å². The lowest BCUT2D eigenvalue weighted by atomic mass is 10.1. The lowest BCUT2D eigenvalue weighted by molar-refractivity contribution is 1.37. The average molecular weight is 338 g/mol. The molecule has 0 aliphatic heterocycles. The molecule has 0 aliphatic carbocycles. The van der Waals surface area contributed by atoms with Crippen LogP contribution in [-0.4, -0.2) is 0 Å². The van der Waals surface area contributed by atoms with E-state index in [1.54, 1.807) is 0 Å². The Labute approximate surface area is 115 Å². The minimum atomic E-state index is 0.792. The minimum Gasteiger partial charge on any atom is -0.399 e. The van der Waals surface area contributed by atoms with Gasteiger partial charge in [-0.3, -0.25) is 0 Å². The van der Waals surface area contributed by atoms with Gasteiger partial charge >= 0.3 is 0 Å². The summed E-state index contributed by atoms with van der Waals surface area (Å²) in [5, 5.41) is 3.43. The van der Waals surface area contributed by atoms with E-state index in [2.05, 4.69) is 60.0 Å². The van der Waals surface area contributed by atoms with Gasteiger partial charge < -0.3 is 11.1 Å². The van der Waals surface area contributed by atoms with Crippen LogP contribution >= 0.6 is 22.6 Å². The van der Waals surface area contributed by atoms with Crippen molar-refractivity contribution in [3.05, 3.63) is 51.1 Å². The summed E-state index contributed by atoms with van der Waals surface area (Å²) >= 11 is 2.29. The lowest BCUT2D eigenvalue weighted by Gasteiger charge is -2.12. The predicted octanol–water partition coefficient (Wildman–Crippen LogP) is 4.23. The highest BCUT2D eigenvalue weighted by Crippen LogP contribution is 2.26. The predicted molar refractivity (Wildman–Crippen MR) is 82.8 cm³/mol. The second kappa shape index (κ2) is 4.96. The molecule has 2 aromatic rings. The largest absolute Gasteiger partial charge is 0.399 e. The number of nitrogens with one attached hydrogen (secondary N) is 1. The van der Waals surface area contributed by atoms with Crippen LogP contribution in [0.1, 0.15) is 11.1 Å². The normalized spacial score (nSPS) is 10.3. The highest BCUT2D eigenvalue weighted by Gasteiger charge is 2.03. The molecular formula is C14H15IN2. The van der Waals surface area contributed by atoms with Crippen molar-refractivity contribution in [1.82, 2.24) is 0 Å². The molecule has 0 saturated heterocycles. The van der Waals surface area contributed by atoms with Crippen molar-refractivity contribution in [3.8, 4) is 0 Å². The third-order valence-electron chi connectivity index (χ3n) is 2.64. The van der Waals surface area contributed by atoms with Crippen LogP contribution in [0.25, 0.3) is 0 Å². The Bertz CT molecular complexity index is 500. The van der Waals surface area contributed by atoms with E-state index in [0.29, 0.717) is 0 Å². The van der Waals surface area contributed by atoms with E-state index in [0.717, 1.165) is 20.6 Å². The highest BCUT2D eigenvalue weighted by molar-refractivity contribution is 14.1. The second-order valence-electron chi connectivity index (χ2n) is 4.18. The van der Waals surface area contributed by atoms with Gasteiger partial charge in [-0.05, 0) is 66.3 Å². The van der Waals surface area contributed by atoms with E-state index in [1.165, 1.54) is 11.1 Å². The molecule has 0 saturated carbocycles. The smallest absolute Gasteiger partial charge is 0.0521 e. The standard InChI is InChI=1S/C14H15IN2/c1-9-3-5-13(10(2)7-9)17-14-6-4-11(16)8-12(14)15/h3-8,17H,16H2,1-2H3. The topological polar surface area (TPSA) is 38.0 Å². The van der Waals surface area contributed by atoms with Crippen molar-refractivity contribution >= 4 is 39.7 Å². The Morgan fingerprint density at radius 1 is 1.00 bits per heavy atom. The van der Waals surface area contributed by atoms with Crippen LogP contribution in [-0.2, 0) is 0 Å². The molecule has 88 valence electrons. The summed E-state index contributed by atoms with van der Waals surface area (Å²) in [5.74, 6) is 0. The SMILES string of the molecule is Cc1ccc(Nc2ccc(N)cc2I)c(C)c1. The first-order chi connectivity index (χ1) is 8.06. The van der Waals surface area contributed by atoms with Gasteiger partial charge in [-0.25, -0.2) is 0 Å². The van der Waals surface area contributed by atoms with Crippen LogP contribution in [0.4, 0.5) is 17.1 Å². The molecule has 0 spiro atoms. The van der Waals surface area contributed by atoms with Crippen LogP contribution in [0, 0.1) is 17.4 Å². The van der Waals surface area contributed by atoms with Gasteiger partial charge in [0, 0.05) is 14.9 Å². The fourth-order valence-corrected chi connectivity index (χ4v) is 2.41. The van der Waals surface area contributed by atoms with Gasteiger partial charge in [-0.15, -0.1) is 0 Å².